The molecule has 1 aromatic carbocycles. The first-order valence-corrected chi connectivity index (χ1v) is 6.16. The molecule has 0 aliphatic rings. The normalized spacial score (nSPS) is 12.6. The molecule has 1 aromatic rings. The highest BCUT2D eigenvalue weighted by Gasteiger charge is 2.16. The summed E-state index contributed by atoms with van der Waals surface area (Å²) < 4.78 is 24.1. The van der Waals surface area contributed by atoms with Crippen molar-refractivity contribution in [3.63, 3.8) is 0 Å². The summed E-state index contributed by atoms with van der Waals surface area (Å²) >= 11 is 0. The van der Waals surface area contributed by atoms with Crippen molar-refractivity contribution in [2.75, 3.05) is 14.2 Å². The Kier molecular flexibility index (Phi) is 5.41. The molecule has 0 amide bonds. The topological polar surface area (TPSA) is 44.5 Å². The molecule has 0 unspecified atom stereocenters. The second-order valence-electron chi connectivity index (χ2n) is 4.81. The Bertz CT molecular complexity index is 394. The van der Waals surface area contributed by atoms with E-state index < -0.39 is 0 Å². The molecular formula is C14H22FNO2. The second-order valence-corrected chi connectivity index (χ2v) is 4.81. The first-order valence-electron chi connectivity index (χ1n) is 6.16. The van der Waals surface area contributed by atoms with Crippen molar-refractivity contribution in [2.24, 2.45) is 11.7 Å². The summed E-state index contributed by atoms with van der Waals surface area (Å²) in [7, 11) is 3.01. The van der Waals surface area contributed by atoms with Gasteiger partial charge in [0.1, 0.15) is 5.82 Å². The van der Waals surface area contributed by atoms with E-state index in [4.69, 9.17) is 15.2 Å². The minimum absolute atomic E-state index is 0.313. The molecule has 0 heterocycles. The lowest BCUT2D eigenvalue weighted by Crippen LogP contribution is -2.13. The van der Waals surface area contributed by atoms with Gasteiger partial charge in [0.2, 0.25) is 0 Å². The largest absolute Gasteiger partial charge is 0.493 e. The zero-order valence-electron chi connectivity index (χ0n) is 11.5. The number of benzene rings is 1. The summed E-state index contributed by atoms with van der Waals surface area (Å²) in [6, 6.07) is 2.63. The van der Waals surface area contributed by atoms with E-state index in [2.05, 4.69) is 13.8 Å². The van der Waals surface area contributed by atoms with Gasteiger partial charge in [-0.1, -0.05) is 13.8 Å². The molecule has 3 nitrogen and oxygen atoms in total. The number of ether oxygens (including phenoxy) is 2. The number of hydrogen-bond donors (Lipinski definition) is 1. The molecule has 1 atom stereocenters. The lowest BCUT2D eigenvalue weighted by Gasteiger charge is -2.17. The summed E-state index contributed by atoms with van der Waals surface area (Å²) in [5.41, 5.74) is 6.50. The van der Waals surface area contributed by atoms with E-state index in [0.29, 0.717) is 23.0 Å². The molecule has 0 radical (unpaired) electrons. The Morgan fingerprint density at radius 1 is 1.11 bits per heavy atom. The van der Waals surface area contributed by atoms with Crippen LogP contribution in [-0.4, -0.2) is 14.2 Å². The van der Waals surface area contributed by atoms with Crippen LogP contribution in [0.3, 0.4) is 0 Å². The lowest BCUT2D eigenvalue weighted by molar-refractivity contribution is 0.350. The number of rotatable bonds is 6. The summed E-state index contributed by atoms with van der Waals surface area (Å²) in [6.07, 6.45) is 1.72. The van der Waals surface area contributed by atoms with Gasteiger partial charge >= 0.3 is 0 Å². The van der Waals surface area contributed by atoms with Crippen LogP contribution in [0.1, 0.15) is 38.3 Å². The van der Waals surface area contributed by atoms with Crippen LogP contribution in [0.25, 0.3) is 0 Å². The Hall–Kier alpha value is -1.29. The fourth-order valence-electron chi connectivity index (χ4n) is 1.82. The molecule has 0 aliphatic carbocycles. The summed E-state index contributed by atoms with van der Waals surface area (Å²) in [5, 5.41) is 0. The number of methoxy groups -OCH3 is 2. The average molecular weight is 255 g/mol. The molecular weight excluding hydrogens is 233 g/mol. The van der Waals surface area contributed by atoms with Gasteiger partial charge in [0.05, 0.1) is 14.2 Å². The van der Waals surface area contributed by atoms with E-state index in [1.54, 1.807) is 6.07 Å². The Labute approximate surface area is 108 Å². The molecule has 0 bridgehead atoms. The maximum atomic E-state index is 13.9. The van der Waals surface area contributed by atoms with E-state index in [1.165, 1.54) is 20.3 Å². The van der Waals surface area contributed by atoms with Crippen molar-refractivity contribution in [3.8, 4) is 11.5 Å². The molecule has 2 N–H and O–H groups in total. The summed E-state index contributed by atoms with van der Waals surface area (Å²) in [5.74, 6) is 1.10. The molecule has 0 aliphatic heterocycles. The number of nitrogens with two attached hydrogens (primary N) is 1. The van der Waals surface area contributed by atoms with Crippen LogP contribution in [0.2, 0.25) is 0 Å². The third kappa shape index (κ3) is 3.60. The first-order chi connectivity index (χ1) is 8.49. The van der Waals surface area contributed by atoms with Crippen molar-refractivity contribution in [1.29, 1.82) is 0 Å². The van der Waals surface area contributed by atoms with Crippen LogP contribution in [0.15, 0.2) is 12.1 Å². The van der Waals surface area contributed by atoms with Gasteiger partial charge in [-0.3, -0.25) is 0 Å². The third-order valence-corrected chi connectivity index (χ3v) is 2.96. The monoisotopic (exact) mass is 255 g/mol. The fraction of sp³-hybridized carbons (Fsp3) is 0.571. The number of halogens is 1. The van der Waals surface area contributed by atoms with Gasteiger partial charge in [0.25, 0.3) is 0 Å². The van der Waals surface area contributed by atoms with E-state index in [9.17, 15) is 4.39 Å². The van der Waals surface area contributed by atoms with Crippen LogP contribution < -0.4 is 15.2 Å². The van der Waals surface area contributed by atoms with Crippen molar-refractivity contribution in [2.45, 2.75) is 32.7 Å². The van der Waals surface area contributed by atoms with Crippen LogP contribution >= 0.6 is 0 Å². The van der Waals surface area contributed by atoms with Gasteiger partial charge < -0.3 is 15.2 Å². The van der Waals surface area contributed by atoms with Crippen LogP contribution in [0.5, 0.6) is 11.5 Å². The minimum atomic E-state index is -0.344. The molecule has 0 aromatic heterocycles. The van der Waals surface area contributed by atoms with Crippen molar-refractivity contribution in [3.05, 3.63) is 23.5 Å². The molecule has 4 heteroatoms. The predicted octanol–water partition coefficient (Wildman–Crippen LogP) is 3.28. The van der Waals surface area contributed by atoms with E-state index in [0.717, 1.165) is 12.8 Å². The number of hydrogen-bond acceptors (Lipinski definition) is 3. The van der Waals surface area contributed by atoms with Gasteiger partial charge in [-0.2, -0.15) is 0 Å². The fourth-order valence-corrected chi connectivity index (χ4v) is 1.82. The van der Waals surface area contributed by atoms with Crippen molar-refractivity contribution in [1.82, 2.24) is 0 Å². The van der Waals surface area contributed by atoms with Crippen molar-refractivity contribution < 1.29 is 13.9 Å². The second kappa shape index (κ2) is 6.59. The van der Waals surface area contributed by atoms with Crippen LogP contribution in [0, 0.1) is 11.7 Å². The molecule has 102 valence electrons. The maximum absolute atomic E-state index is 13.9. The SMILES string of the molecule is COc1cc(F)c([C@@H](N)CCC(C)C)cc1OC. The average Bonchev–Trinajstić information content (AvgIpc) is 2.35. The third-order valence-electron chi connectivity index (χ3n) is 2.96. The zero-order valence-corrected chi connectivity index (χ0v) is 11.5. The molecule has 0 fully saturated rings. The Balaban J connectivity index is 2.94. The summed E-state index contributed by atoms with van der Waals surface area (Å²) in [6.45, 7) is 4.25. The van der Waals surface area contributed by atoms with Gasteiger partial charge in [-0.15, -0.1) is 0 Å². The molecule has 0 saturated heterocycles. The van der Waals surface area contributed by atoms with E-state index >= 15 is 0 Å². The van der Waals surface area contributed by atoms with Gasteiger partial charge in [-0.25, -0.2) is 4.39 Å². The molecule has 1 rings (SSSR count). The smallest absolute Gasteiger partial charge is 0.163 e. The zero-order chi connectivity index (χ0) is 13.7. The molecule has 0 spiro atoms. The van der Waals surface area contributed by atoms with Crippen molar-refractivity contribution >= 4 is 0 Å². The standard InChI is InChI=1S/C14H22FNO2/c1-9(2)5-6-12(16)10-7-13(17-3)14(18-4)8-11(10)15/h7-9,12H,5-6,16H2,1-4H3/t12-/m0/s1. The first kappa shape index (κ1) is 14.8. The molecule has 0 saturated carbocycles. The van der Waals surface area contributed by atoms with Crippen LogP contribution in [0.4, 0.5) is 4.39 Å². The minimum Gasteiger partial charge on any atom is -0.493 e. The highest BCUT2D eigenvalue weighted by atomic mass is 19.1. The lowest BCUT2D eigenvalue weighted by atomic mass is 9.97. The maximum Gasteiger partial charge on any atom is 0.163 e. The predicted molar refractivity (Wildman–Crippen MR) is 70.5 cm³/mol. The quantitative estimate of drug-likeness (QED) is 0.848. The van der Waals surface area contributed by atoms with E-state index in [1.807, 2.05) is 0 Å². The van der Waals surface area contributed by atoms with Gasteiger partial charge in [0.15, 0.2) is 11.5 Å². The van der Waals surface area contributed by atoms with Gasteiger partial charge in [0, 0.05) is 17.7 Å². The van der Waals surface area contributed by atoms with Gasteiger partial charge in [-0.05, 0) is 24.8 Å². The molecule has 18 heavy (non-hydrogen) atoms. The Morgan fingerprint density at radius 2 is 1.67 bits per heavy atom. The van der Waals surface area contributed by atoms with E-state index in [-0.39, 0.29) is 11.9 Å². The highest BCUT2D eigenvalue weighted by Crippen LogP contribution is 2.33. The Morgan fingerprint density at radius 3 is 2.17 bits per heavy atom. The highest BCUT2D eigenvalue weighted by molar-refractivity contribution is 5.44. The summed E-state index contributed by atoms with van der Waals surface area (Å²) in [4.78, 5) is 0. The van der Waals surface area contributed by atoms with Crippen LogP contribution in [-0.2, 0) is 0 Å².